The summed E-state index contributed by atoms with van der Waals surface area (Å²) in [5, 5.41) is 7.33. The topological polar surface area (TPSA) is 49.8 Å². The number of hydrogen-bond donors (Lipinski definition) is 2. The summed E-state index contributed by atoms with van der Waals surface area (Å²) in [6.07, 6.45) is 8.41. The van der Waals surface area contributed by atoms with Crippen molar-refractivity contribution in [1.82, 2.24) is 9.97 Å². The van der Waals surface area contributed by atoms with Gasteiger partial charge < -0.3 is 10.6 Å². The molecule has 1 aromatic rings. The van der Waals surface area contributed by atoms with E-state index in [0.717, 1.165) is 16.8 Å². The molecule has 5 heteroatoms. The SMILES string of the molecule is CCCCCCC(C)Nc1cc(NC)nc(SC)n1. The Hall–Kier alpha value is -0.970. The van der Waals surface area contributed by atoms with Crippen molar-refractivity contribution >= 4 is 23.4 Å². The van der Waals surface area contributed by atoms with Crippen molar-refractivity contribution in [2.45, 2.75) is 57.1 Å². The van der Waals surface area contributed by atoms with Crippen molar-refractivity contribution in [2.75, 3.05) is 23.9 Å². The van der Waals surface area contributed by atoms with Crippen molar-refractivity contribution in [2.24, 2.45) is 0 Å². The van der Waals surface area contributed by atoms with Crippen LogP contribution >= 0.6 is 11.8 Å². The lowest BCUT2D eigenvalue weighted by Crippen LogP contribution is -2.16. The minimum absolute atomic E-state index is 0.450. The van der Waals surface area contributed by atoms with E-state index in [9.17, 15) is 0 Å². The maximum Gasteiger partial charge on any atom is 0.191 e. The first-order chi connectivity index (χ1) is 9.19. The van der Waals surface area contributed by atoms with Gasteiger partial charge in [-0.1, -0.05) is 44.4 Å². The lowest BCUT2D eigenvalue weighted by atomic mass is 10.1. The summed E-state index contributed by atoms with van der Waals surface area (Å²) < 4.78 is 0. The Kier molecular flexibility index (Phi) is 7.63. The molecule has 0 radical (unpaired) electrons. The third-order valence-corrected chi connectivity index (χ3v) is 3.58. The number of anilines is 2. The molecule has 0 saturated carbocycles. The van der Waals surface area contributed by atoms with Crippen LogP contribution in [0.4, 0.5) is 11.6 Å². The number of nitrogens with zero attached hydrogens (tertiary/aromatic N) is 2. The van der Waals surface area contributed by atoms with E-state index in [4.69, 9.17) is 0 Å². The number of rotatable bonds is 9. The first-order valence-electron chi connectivity index (χ1n) is 7.07. The lowest BCUT2D eigenvalue weighted by Gasteiger charge is -2.15. The smallest absolute Gasteiger partial charge is 0.191 e. The Labute approximate surface area is 121 Å². The van der Waals surface area contributed by atoms with Gasteiger partial charge in [-0.2, -0.15) is 0 Å². The van der Waals surface area contributed by atoms with Gasteiger partial charge in [0.05, 0.1) is 0 Å². The molecule has 1 heterocycles. The molecule has 2 N–H and O–H groups in total. The Balaban J connectivity index is 2.50. The third-order valence-electron chi connectivity index (χ3n) is 3.03. The molecule has 0 aliphatic carbocycles. The van der Waals surface area contributed by atoms with Crippen LogP contribution in [0.2, 0.25) is 0 Å². The molecule has 0 aliphatic rings. The molecule has 0 amide bonds. The van der Waals surface area contributed by atoms with E-state index < -0.39 is 0 Å². The van der Waals surface area contributed by atoms with Crippen LogP contribution in [0.15, 0.2) is 11.2 Å². The second-order valence-electron chi connectivity index (χ2n) is 4.77. The molecule has 1 rings (SSSR count). The summed E-state index contributed by atoms with van der Waals surface area (Å²) in [6, 6.07) is 2.41. The summed E-state index contributed by atoms with van der Waals surface area (Å²) in [6.45, 7) is 4.46. The van der Waals surface area contributed by atoms with E-state index >= 15 is 0 Å². The Bertz CT molecular complexity index is 348. The van der Waals surface area contributed by atoms with Gasteiger partial charge in [0.15, 0.2) is 5.16 Å². The minimum atomic E-state index is 0.450. The molecule has 1 aromatic heterocycles. The summed E-state index contributed by atoms with van der Waals surface area (Å²) in [5.74, 6) is 1.77. The van der Waals surface area contributed by atoms with Gasteiger partial charge in [0.25, 0.3) is 0 Å². The van der Waals surface area contributed by atoms with Crippen LogP contribution in [0.3, 0.4) is 0 Å². The van der Waals surface area contributed by atoms with Gasteiger partial charge in [0.2, 0.25) is 0 Å². The molecule has 19 heavy (non-hydrogen) atoms. The first-order valence-corrected chi connectivity index (χ1v) is 8.29. The van der Waals surface area contributed by atoms with E-state index in [1.807, 2.05) is 19.4 Å². The maximum absolute atomic E-state index is 4.48. The van der Waals surface area contributed by atoms with Gasteiger partial charge >= 0.3 is 0 Å². The largest absolute Gasteiger partial charge is 0.373 e. The van der Waals surface area contributed by atoms with Gasteiger partial charge in [0, 0.05) is 19.2 Å². The summed E-state index contributed by atoms with van der Waals surface area (Å²) in [4.78, 5) is 8.85. The van der Waals surface area contributed by atoms with Crippen LogP contribution in [0, 0.1) is 0 Å². The van der Waals surface area contributed by atoms with Crippen LogP contribution in [-0.2, 0) is 0 Å². The fraction of sp³-hybridized carbons (Fsp3) is 0.714. The van der Waals surface area contributed by atoms with E-state index in [0.29, 0.717) is 6.04 Å². The average molecular weight is 282 g/mol. The fourth-order valence-corrected chi connectivity index (χ4v) is 2.30. The maximum atomic E-state index is 4.48. The van der Waals surface area contributed by atoms with Crippen molar-refractivity contribution < 1.29 is 0 Å². The van der Waals surface area contributed by atoms with Crippen LogP contribution < -0.4 is 10.6 Å². The molecule has 0 bridgehead atoms. The number of thioether (sulfide) groups is 1. The number of nitrogens with one attached hydrogen (secondary N) is 2. The molecule has 0 spiro atoms. The van der Waals surface area contributed by atoms with E-state index in [1.165, 1.54) is 32.1 Å². The Morgan fingerprint density at radius 3 is 2.58 bits per heavy atom. The normalized spacial score (nSPS) is 12.2. The highest BCUT2D eigenvalue weighted by atomic mass is 32.2. The fourth-order valence-electron chi connectivity index (χ4n) is 1.92. The zero-order valence-corrected chi connectivity index (χ0v) is 13.3. The van der Waals surface area contributed by atoms with Gasteiger partial charge in [-0.25, -0.2) is 9.97 Å². The highest BCUT2D eigenvalue weighted by Gasteiger charge is 2.06. The lowest BCUT2D eigenvalue weighted by molar-refractivity contribution is 0.592. The molecule has 1 atom stereocenters. The molecular weight excluding hydrogens is 256 g/mol. The van der Waals surface area contributed by atoms with Crippen molar-refractivity contribution in [3.63, 3.8) is 0 Å². The van der Waals surface area contributed by atoms with E-state index in [1.54, 1.807) is 11.8 Å². The molecule has 0 saturated heterocycles. The Morgan fingerprint density at radius 2 is 1.95 bits per heavy atom. The number of unbranched alkanes of at least 4 members (excludes halogenated alkanes) is 3. The summed E-state index contributed by atoms with van der Waals surface area (Å²) in [7, 11) is 1.88. The zero-order chi connectivity index (χ0) is 14.1. The molecule has 0 aromatic carbocycles. The first kappa shape index (κ1) is 16.1. The van der Waals surface area contributed by atoms with Crippen molar-refractivity contribution in [3.05, 3.63) is 6.07 Å². The molecule has 1 unspecified atom stereocenters. The molecule has 108 valence electrons. The van der Waals surface area contributed by atoms with Crippen LogP contribution in [0.5, 0.6) is 0 Å². The van der Waals surface area contributed by atoms with Gasteiger partial charge in [-0.15, -0.1) is 0 Å². The quantitative estimate of drug-likeness (QED) is 0.407. The van der Waals surface area contributed by atoms with E-state index in [2.05, 4.69) is 34.4 Å². The monoisotopic (exact) mass is 282 g/mol. The van der Waals surface area contributed by atoms with Crippen LogP contribution in [0.25, 0.3) is 0 Å². The van der Waals surface area contributed by atoms with Gasteiger partial charge in [-0.05, 0) is 19.6 Å². The molecule has 0 fully saturated rings. The summed E-state index contributed by atoms with van der Waals surface area (Å²) >= 11 is 1.56. The molecular formula is C14H26N4S. The zero-order valence-electron chi connectivity index (χ0n) is 12.5. The average Bonchev–Trinajstić information content (AvgIpc) is 2.43. The van der Waals surface area contributed by atoms with E-state index in [-0.39, 0.29) is 0 Å². The van der Waals surface area contributed by atoms with Gasteiger partial charge in [0.1, 0.15) is 11.6 Å². The molecule has 4 nitrogen and oxygen atoms in total. The number of aromatic nitrogens is 2. The van der Waals surface area contributed by atoms with Crippen LogP contribution in [0.1, 0.15) is 46.0 Å². The predicted molar refractivity (Wildman–Crippen MR) is 85.2 cm³/mol. The highest BCUT2D eigenvalue weighted by molar-refractivity contribution is 7.98. The predicted octanol–water partition coefficient (Wildman–Crippen LogP) is 4.01. The number of hydrogen-bond acceptors (Lipinski definition) is 5. The third kappa shape index (κ3) is 6.14. The van der Waals surface area contributed by atoms with Crippen molar-refractivity contribution in [3.8, 4) is 0 Å². The van der Waals surface area contributed by atoms with Crippen molar-refractivity contribution in [1.29, 1.82) is 0 Å². The second-order valence-corrected chi connectivity index (χ2v) is 5.54. The summed E-state index contributed by atoms with van der Waals surface area (Å²) in [5.41, 5.74) is 0. The van der Waals surface area contributed by atoms with Crippen LogP contribution in [-0.4, -0.2) is 29.3 Å². The minimum Gasteiger partial charge on any atom is -0.373 e. The standard InChI is InChI=1S/C14H26N4S/c1-5-6-7-8-9-11(2)16-13-10-12(15-3)17-14(18-13)19-4/h10-11H,5-9H2,1-4H3,(H2,15,16,17,18). The highest BCUT2D eigenvalue weighted by Crippen LogP contribution is 2.18. The second kappa shape index (κ2) is 9.02. The van der Waals surface area contributed by atoms with Gasteiger partial charge in [-0.3, -0.25) is 0 Å². The Morgan fingerprint density at radius 1 is 1.21 bits per heavy atom. The molecule has 0 aliphatic heterocycles.